The molecule has 0 atom stereocenters. The maximum atomic E-state index is 5.12. The number of aromatic nitrogens is 1. The van der Waals surface area contributed by atoms with E-state index >= 15 is 0 Å². The summed E-state index contributed by atoms with van der Waals surface area (Å²) in [7, 11) is 0. The molecule has 2 rings (SSSR count). The average Bonchev–Trinajstić information content (AvgIpc) is 2.80. The first-order valence-electron chi connectivity index (χ1n) is 4.78. The summed E-state index contributed by atoms with van der Waals surface area (Å²) in [5.41, 5.74) is 4.93. The topological polar surface area (TPSA) is 34.1 Å². The lowest BCUT2D eigenvalue weighted by molar-refractivity contribution is 0.210. The molecular weight excluding hydrogens is 208 g/mol. The molecule has 1 aromatic heterocycles. The lowest BCUT2D eigenvalue weighted by atomic mass is 10.2. The Bertz CT molecular complexity index is 414. The van der Waals surface area contributed by atoms with Gasteiger partial charge in [0.1, 0.15) is 5.01 Å². The third-order valence-electron chi connectivity index (χ3n) is 1.88. The van der Waals surface area contributed by atoms with Crippen LogP contribution in [-0.4, -0.2) is 11.6 Å². The van der Waals surface area contributed by atoms with E-state index in [1.165, 1.54) is 0 Å². The summed E-state index contributed by atoms with van der Waals surface area (Å²) in [5.74, 6) is 0. The van der Waals surface area contributed by atoms with Crippen LogP contribution in [0.1, 0.15) is 6.92 Å². The predicted molar refractivity (Wildman–Crippen MR) is 62.8 cm³/mol. The molecule has 0 bridgehead atoms. The van der Waals surface area contributed by atoms with Gasteiger partial charge in [0.05, 0.1) is 12.3 Å². The predicted octanol–water partition coefficient (Wildman–Crippen LogP) is 3.17. The minimum absolute atomic E-state index is 0.640. The van der Waals surface area contributed by atoms with Gasteiger partial charge in [0.2, 0.25) is 0 Å². The van der Waals surface area contributed by atoms with Gasteiger partial charge < -0.3 is 0 Å². The number of rotatable bonds is 4. The molecule has 0 radical (unpaired) electrons. The first kappa shape index (κ1) is 10.1. The van der Waals surface area contributed by atoms with Gasteiger partial charge in [-0.15, -0.1) is 11.3 Å². The smallest absolute Gasteiger partial charge is 0.123 e. The van der Waals surface area contributed by atoms with Crippen molar-refractivity contribution >= 4 is 17.0 Å². The van der Waals surface area contributed by atoms with Crippen molar-refractivity contribution in [1.29, 1.82) is 0 Å². The fourth-order valence-corrected chi connectivity index (χ4v) is 1.87. The van der Waals surface area contributed by atoms with Crippen molar-refractivity contribution in [1.82, 2.24) is 4.98 Å². The molecular formula is C11H12N2OS. The Kier molecular flexibility index (Phi) is 3.32. The Labute approximate surface area is 92.7 Å². The summed E-state index contributed by atoms with van der Waals surface area (Å²) in [5, 5.41) is 2.99. The van der Waals surface area contributed by atoms with E-state index in [1.54, 1.807) is 11.3 Å². The maximum Gasteiger partial charge on any atom is 0.123 e. The second-order valence-corrected chi connectivity index (χ2v) is 3.85. The molecule has 2 aromatic rings. The van der Waals surface area contributed by atoms with Crippen LogP contribution in [-0.2, 0) is 4.84 Å². The van der Waals surface area contributed by atoms with E-state index in [0.717, 1.165) is 16.3 Å². The van der Waals surface area contributed by atoms with Crippen LogP contribution in [0.4, 0.5) is 5.69 Å². The highest BCUT2D eigenvalue weighted by atomic mass is 32.1. The van der Waals surface area contributed by atoms with Crippen molar-refractivity contribution < 1.29 is 4.84 Å². The Morgan fingerprint density at radius 3 is 3.13 bits per heavy atom. The first-order valence-corrected chi connectivity index (χ1v) is 5.66. The Hall–Kier alpha value is -1.39. The largest absolute Gasteiger partial charge is 0.276 e. The van der Waals surface area contributed by atoms with E-state index in [9.17, 15) is 0 Å². The monoisotopic (exact) mass is 220 g/mol. The van der Waals surface area contributed by atoms with Crippen LogP contribution in [0.3, 0.4) is 0 Å². The van der Waals surface area contributed by atoms with Crippen LogP contribution in [0.25, 0.3) is 10.6 Å². The third-order valence-corrected chi connectivity index (χ3v) is 2.70. The zero-order chi connectivity index (χ0) is 10.5. The van der Waals surface area contributed by atoms with Gasteiger partial charge in [-0.3, -0.25) is 10.3 Å². The SMILES string of the molecule is CCONc1cccc(-c2nccs2)c1. The van der Waals surface area contributed by atoms with E-state index in [2.05, 4.69) is 10.5 Å². The number of hydrogen-bond acceptors (Lipinski definition) is 4. The van der Waals surface area contributed by atoms with Crippen LogP contribution >= 0.6 is 11.3 Å². The highest BCUT2D eigenvalue weighted by Crippen LogP contribution is 2.24. The average molecular weight is 220 g/mol. The van der Waals surface area contributed by atoms with Crippen molar-refractivity contribution in [2.45, 2.75) is 6.92 Å². The molecule has 1 heterocycles. The van der Waals surface area contributed by atoms with Crippen LogP contribution in [0.2, 0.25) is 0 Å². The van der Waals surface area contributed by atoms with Crippen LogP contribution < -0.4 is 5.48 Å². The van der Waals surface area contributed by atoms with Gasteiger partial charge in [-0.1, -0.05) is 12.1 Å². The molecule has 0 unspecified atom stereocenters. The second-order valence-electron chi connectivity index (χ2n) is 2.95. The van der Waals surface area contributed by atoms with Gasteiger partial charge in [-0.2, -0.15) is 0 Å². The van der Waals surface area contributed by atoms with Gasteiger partial charge >= 0.3 is 0 Å². The van der Waals surface area contributed by atoms with Gasteiger partial charge in [-0.05, 0) is 19.1 Å². The van der Waals surface area contributed by atoms with Crippen molar-refractivity contribution in [3.8, 4) is 10.6 Å². The summed E-state index contributed by atoms with van der Waals surface area (Å²) < 4.78 is 0. The van der Waals surface area contributed by atoms with Crippen molar-refractivity contribution in [2.24, 2.45) is 0 Å². The van der Waals surface area contributed by atoms with Gasteiger partial charge in [0.25, 0.3) is 0 Å². The van der Waals surface area contributed by atoms with Crippen LogP contribution in [0.15, 0.2) is 35.8 Å². The van der Waals surface area contributed by atoms with Crippen LogP contribution in [0.5, 0.6) is 0 Å². The molecule has 15 heavy (non-hydrogen) atoms. The number of nitrogens with zero attached hydrogens (tertiary/aromatic N) is 1. The zero-order valence-corrected chi connectivity index (χ0v) is 9.25. The minimum atomic E-state index is 0.640. The summed E-state index contributed by atoms with van der Waals surface area (Å²) in [6.07, 6.45) is 1.81. The number of anilines is 1. The molecule has 3 nitrogen and oxygen atoms in total. The van der Waals surface area contributed by atoms with Crippen LogP contribution in [0, 0.1) is 0 Å². The van der Waals surface area contributed by atoms with Crippen molar-refractivity contribution in [2.75, 3.05) is 12.1 Å². The molecule has 0 saturated heterocycles. The fraction of sp³-hybridized carbons (Fsp3) is 0.182. The molecule has 4 heteroatoms. The quantitative estimate of drug-likeness (QED) is 0.803. The van der Waals surface area contributed by atoms with Crippen molar-refractivity contribution in [3.05, 3.63) is 35.8 Å². The molecule has 1 aromatic carbocycles. The first-order chi connectivity index (χ1) is 7.40. The van der Waals surface area contributed by atoms with Gasteiger partial charge in [0, 0.05) is 17.1 Å². The number of hydrogen-bond donors (Lipinski definition) is 1. The number of nitrogens with one attached hydrogen (secondary N) is 1. The minimum Gasteiger partial charge on any atom is -0.276 e. The molecule has 0 fully saturated rings. The fourth-order valence-electron chi connectivity index (χ4n) is 1.24. The summed E-state index contributed by atoms with van der Waals surface area (Å²) in [6.45, 7) is 2.58. The Morgan fingerprint density at radius 1 is 1.47 bits per heavy atom. The molecule has 1 N–H and O–H groups in total. The molecule has 78 valence electrons. The second kappa shape index (κ2) is 4.91. The summed E-state index contributed by atoms with van der Waals surface area (Å²) in [6, 6.07) is 8.01. The molecule has 0 amide bonds. The molecule has 0 aliphatic carbocycles. The zero-order valence-electron chi connectivity index (χ0n) is 8.43. The van der Waals surface area contributed by atoms with Crippen molar-refractivity contribution in [3.63, 3.8) is 0 Å². The lowest BCUT2D eigenvalue weighted by Crippen LogP contribution is -1.99. The highest BCUT2D eigenvalue weighted by molar-refractivity contribution is 7.13. The molecule has 0 aliphatic heterocycles. The lowest BCUT2D eigenvalue weighted by Gasteiger charge is -2.05. The van der Waals surface area contributed by atoms with E-state index in [4.69, 9.17) is 4.84 Å². The van der Waals surface area contributed by atoms with E-state index in [0.29, 0.717) is 6.61 Å². The highest BCUT2D eigenvalue weighted by Gasteiger charge is 2.00. The van der Waals surface area contributed by atoms with Gasteiger partial charge in [-0.25, -0.2) is 4.98 Å². The summed E-state index contributed by atoms with van der Waals surface area (Å²) >= 11 is 1.63. The van der Waals surface area contributed by atoms with E-state index < -0.39 is 0 Å². The molecule has 0 saturated carbocycles. The van der Waals surface area contributed by atoms with E-state index in [-0.39, 0.29) is 0 Å². The number of thiazole rings is 1. The molecule has 0 spiro atoms. The normalized spacial score (nSPS) is 10.2. The Morgan fingerprint density at radius 2 is 2.40 bits per heavy atom. The third kappa shape index (κ3) is 2.55. The standard InChI is InChI=1S/C11H12N2OS/c1-2-14-13-10-5-3-4-9(8-10)11-12-6-7-15-11/h3-8,13H,2H2,1H3. The number of benzene rings is 1. The Balaban J connectivity index is 2.19. The van der Waals surface area contributed by atoms with E-state index in [1.807, 2.05) is 42.8 Å². The maximum absolute atomic E-state index is 5.12. The molecule has 0 aliphatic rings. The van der Waals surface area contributed by atoms with Gasteiger partial charge in [0.15, 0.2) is 0 Å². The summed E-state index contributed by atoms with van der Waals surface area (Å²) in [4.78, 5) is 9.38.